The molecule has 2 aromatic rings. The maximum atomic E-state index is 12.6. The van der Waals surface area contributed by atoms with Crippen LogP contribution in [0.5, 0.6) is 11.5 Å². The number of carbonyl (C=O) groups is 2. The average Bonchev–Trinajstić information content (AvgIpc) is 2.67. The number of ether oxygens (including phenoxy) is 2. The van der Waals surface area contributed by atoms with E-state index >= 15 is 0 Å². The van der Waals surface area contributed by atoms with Crippen LogP contribution in [0.25, 0.3) is 0 Å². The van der Waals surface area contributed by atoms with Gasteiger partial charge in [0.25, 0.3) is 11.8 Å². The molecule has 0 heterocycles. The Morgan fingerprint density at radius 1 is 0.963 bits per heavy atom. The van der Waals surface area contributed by atoms with Crippen LogP contribution < -0.4 is 20.1 Å². The molecular formula is C21H26N2O4. The van der Waals surface area contributed by atoms with Crippen LogP contribution in [-0.2, 0) is 0 Å². The lowest BCUT2D eigenvalue weighted by molar-refractivity contribution is 0.0952. The zero-order valence-electron chi connectivity index (χ0n) is 16.2. The van der Waals surface area contributed by atoms with E-state index in [9.17, 15) is 9.59 Å². The van der Waals surface area contributed by atoms with E-state index in [1.807, 2.05) is 0 Å². The van der Waals surface area contributed by atoms with Gasteiger partial charge >= 0.3 is 0 Å². The summed E-state index contributed by atoms with van der Waals surface area (Å²) in [7, 11) is 3.08. The number of anilines is 1. The first-order chi connectivity index (χ1) is 12.9. The van der Waals surface area contributed by atoms with E-state index in [4.69, 9.17) is 9.47 Å². The van der Waals surface area contributed by atoms with E-state index in [0.29, 0.717) is 40.8 Å². The first-order valence-corrected chi connectivity index (χ1v) is 8.86. The SMILES string of the molecule is COc1ccc(NC(=O)c2cccc(C(=O)NCCC(C)C)c2)c(OC)c1. The van der Waals surface area contributed by atoms with Crippen molar-refractivity contribution in [2.45, 2.75) is 20.3 Å². The normalized spacial score (nSPS) is 10.4. The number of amides is 2. The van der Waals surface area contributed by atoms with E-state index in [-0.39, 0.29) is 11.8 Å². The lowest BCUT2D eigenvalue weighted by atomic mass is 10.1. The summed E-state index contributed by atoms with van der Waals surface area (Å²) in [4.78, 5) is 24.8. The molecule has 0 spiro atoms. The van der Waals surface area contributed by atoms with Crippen LogP contribution in [-0.4, -0.2) is 32.6 Å². The van der Waals surface area contributed by atoms with Crippen LogP contribution in [0, 0.1) is 5.92 Å². The molecule has 0 saturated carbocycles. The standard InChI is InChI=1S/C21H26N2O4/c1-14(2)10-11-22-20(24)15-6-5-7-16(12-15)21(25)23-18-9-8-17(26-3)13-19(18)27-4/h5-9,12-14H,10-11H2,1-4H3,(H,22,24)(H,23,25). The van der Waals surface area contributed by atoms with Crippen molar-refractivity contribution in [1.29, 1.82) is 0 Å². The number of hydrogen-bond acceptors (Lipinski definition) is 4. The smallest absolute Gasteiger partial charge is 0.255 e. The quantitative estimate of drug-likeness (QED) is 0.742. The Morgan fingerprint density at radius 2 is 1.67 bits per heavy atom. The van der Waals surface area contributed by atoms with Crippen molar-refractivity contribution < 1.29 is 19.1 Å². The molecule has 2 aromatic carbocycles. The Hall–Kier alpha value is -3.02. The van der Waals surface area contributed by atoms with Crippen molar-refractivity contribution in [3.05, 3.63) is 53.6 Å². The summed E-state index contributed by atoms with van der Waals surface area (Å²) in [5.74, 6) is 1.12. The van der Waals surface area contributed by atoms with Gasteiger partial charge in [-0.05, 0) is 42.7 Å². The molecule has 2 N–H and O–H groups in total. The van der Waals surface area contributed by atoms with Gasteiger partial charge in [0.15, 0.2) is 0 Å². The average molecular weight is 370 g/mol. The molecule has 27 heavy (non-hydrogen) atoms. The molecule has 0 unspecified atom stereocenters. The minimum absolute atomic E-state index is 0.188. The summed E-state index contributed by atoms with van der Waals surface area (Å²) in [5, 5.41) is 5.67. The molecule has 0 aromatic heterocycles. The summed E-state index contributed by atoms with van der Waals surface area (Å²) < 4.78 is 10.4. The molecule has 144 valence electrons. The second kappa shape index (κ2) is 9.62. The zero-order valence-corrected chi connectivity index (χ0v) is 16.2. The molecule has 2 rings (SSSR count). The second-order valence-corrected chi connectivity index (χ2v) is 6.54. The molecule has 2 amide bonds. The van der Waals surface area contributed by atoms with Gasteiger partial charge in [-0.15, -0.1) is 0 Å². The second-order valence-electron chi connectivity index (χ2n) is 6.54. The van der Waals surface area contributed by atoms with Gasteiger partial charge in [-0.2, -0.15) is 0 Å². The summed E-state index contributed by atoms with van der Waals surface area (Å²) in [5.41, 5.74) is 1.37. The first-order valence-electron chi connectivity index (χ1n) is 8.86. The number of nitrogens with one attached hydrogen (secondary N) is 2. The molecular weight excluding hydrogens is 344 g/mol. The van der Waals surface area contributed by atoms with Crippen LogP contribution in [0.3, 0.4) is 0 Å². The molecule has 6 nitrogen and oxygen atoms in total. The predicted molar refractivity (Wildman–Crippen MR) is 106 cm³/mol. The Bertz CT molecular complexity index is 803. The van der Waals surface area contributed by atoms with E-state index in [2.05, 4.69) is 24.5 Å². The topological polar surface area (TPSA) is 76.7 Å². The molecule has 6 heteroatoms. The molecule has 0 aliphatic rings. The van der Waals surface area contributed by atoms with Gasteiger partial charge in [0.05, 0.1) is 19.9 Å². The lowest BCUT2D eigenvalue weighted by Gasteiger charge is -2.12. The van der Waals surface area contributed by atoms with E-state index in [1.165, 1.54) is 7.11 Å². The summed E-state index contributed by atoms with van der Waals surface area (Å²) >= 11 is 0. The van der Waals surface area contributed by atoms with Crippen LogP contribution in [0.4, 0.5) is 5.69 Å². The third kappa shape index (κ3) is 5.74. The largest absolute Gasteiger partial charge is 0.497 e. The Labute approximate surface area is 159 Å². The van der Waals surface area contributed by atoms with Gasteiger partial charge in [0.2, 0.25) is 0 Å². The summed E-state index contributed by atoms with van der Waals surface area (Å²) in [6, 6.07) is 11.8. The van der Waals surface area contributed by atoms with Gasteiger partial charge in [-0.1, -0.05) is 19.9 Å². The number of methoxy groups -OCH3 is 2. The van der Waals surface area contributed by atoms with Gasteiger partial charge in [0, 0.05) is 23.7 Å². The van der Waals surface area contributed by atoms with E-state index in [1.54, 1.807) is 49.6 Å². The summed E-state index contributed by atoms with van der Waals surface area (Å²) in [6.07, 6.45) is 0.906. The minimum Gasteiger partial charge on any atom is -0.497 e. The minimum atomic E-state index is -0.324. The van der Waals surface area contributed by atoms with Crippen LogP contribution in [0.15, 0.2) is 42.5 Å². The highest BCUT2D eigenvalue weighted by Gasteiger charge is 2.13. The fourth-order valence-electron chi connectivity index (χ4n) is 2.47. The predicted octanol–water partition coefficient (Wildman–Crippen LogP) is 3.73. The molecule has 0 aliphatic heterocycles. The molecule has 0 aliphatic carbocycles. The molecule has 0 saturated heterocycles. The third-order valence-corrected chi connectivity index (χ3v) is 4.05. The van der Waals surface area contributed by atoms with Crippen LogP contribution >= 0.6 is 0 Å². The van der Waals surface area contributed by atoms with Crippen molar-refractivity contribution >= 4 is 17.5 Å². The summed E-state index contributed by atoms with van der Waals surface area (Å²) in [6.45, 7) is 4.81. The Balaban J connectivity index is 2.10. The maximum Gasteiger partial charge on any atom is 0.255 e. The van der Waals surface area contributed by atoms with Crippen molar-refractivity contribution in [2.24, 2.45) is 5.92 Å². The number of carbonyl (C=O) groups excluding carboxylic acids is 2. The molecule has 0 bridgehead atoms. The highest BCUT2D eigenvalue weighted by molar-refractivity contribution is 6.06. The number of benzene rings is 2. The fourth-order valence-corrected chi connectivity index (χ4v) is 2.47. The van der Waals surface area contributed by atoms with Gasteiger partial charge in [-0.3, -0.25) is 9.59 Å². The van der Waals surface area contributed by atoms with Crippen LogP contribution in [0.2, 0.25) is 0 Å². The number of hydrogen-bond donors (Lipinski definition) is 2. The van der Waals surface area contributed by atoms with Crippen LogP contribution in [0.1, 0.15) is 41.0 Å². The molecule has 0 fully saturated rings. The first kappa shape index (κ1) is 20.3. The fraction of sp³-hybridized carbons (Fsp3) is 0.333. The number of rotatable bonds is 8. The van der Waals surface area contributed by atoms with Crippen molar-refractivity contribution in [3.8, 4) is 11.5 Å². The highest BCUT2D eigenvalue weighted by Crippen LogP contribution is 2.29. The Morgan fingerprint density at radius 3 is 2.30 bits per heavy atom. The van der Waals surface area contributed by atoms with Gasteiger partial charge in [-0.25, -0.2) is 0 Å². The van der Waals surface area contributed by atoms with Crippen molar-refractivity contribution in [1.82, 2.24) is 5.32 Å². The molecule has 0 radical (unpaired) electrons. The van der Waals surface area contributed by atoms with Crippen molar-refractivity contribution in [3.63, 3.8) is 0 Å². The van der Waals surface area contributed by atoms with Gasteiger partial charge < -0.3 is 20.1 Å². The lowest BCUT2D eigenvalue weighted by Crippen LogP contribution is -2.25. The van der Waals surface area contributed by atoms with Crippen molar-refractivity contribution in [2.75, 3.05) is 26.1 Å². The van der Waals surface area contributed by atoms with E-state index < -0.39 is 0 Å². The zero-order chi connectivity index (χ0) is 19.8. The third-order valence-electron chi connectivity index (χ3n) is 4.05. The molecule has 0 atom stereocenters. The highest BCUT2D eigenvalue weighted by atomic mass is 16.5. The van der Waals surface area contributed by atoms with Gasteiger partial charge in [0.1, 0.15) is 11.5 Å². The van der Waals surface area contributed by atoms with E-state index in [0.717, 1.165) is 6.42 Å². The monoisotopic (exact) mass is 370 g/mol. The Kier molecular flexibility index (Phi) is 7.23. The maximum absolute atomic E-state index is 12.6.